The zero-order chi connectivity index (χ0) is 9.26. The Balaban J connectivity index is 0.000000980. The maximum atomic E-state index is 13.4. The van der Waals surface area contributed by atoms with Gasteiger partial charge in [0.1, 0.15) is 5.82 Å². The molecule has 1 aliphatic heterocycles. The predicted octanol–water partition coefficient (Wildman–Crippen LogP) is 3.43. The molecule has 0 aromatic heterocycles. The summed E-state index contributed by atoms with van der Waals surface area (Å²) in [6, 6.07) is 5.31. The van der Waals surface area contributed by atoms with Crippen molar-refractivity contribution in [3.63, 3.8) is 0 Å². The molecule has 1 atom stereocenters. The summed E-state index contributed by atoms with van der Waals surface area (Å²) >= 11 is 3.35. The summed E-state index contributed by atoms with van der Waals surface area (Å²) in [5.74, 6) is -0.109. The summed E-state index contributed by atoms with van der Waals surface area (Å²) < 4.78 is 14.3. The third kappa shape index (κ3) is 2.47. The van der Waals surface area contributed by atoms with E-state index in [1.165, 1.54) is 6.07 Å². The average molecular weight is 281 g/mol. The second-order valence-corrected chi connectivity index (χ2v) is 4.23. The van der Waals surface area contributed by atoms with Gasteiger partial charge >= 0.3 is 0 Å². The minimum absolute atomic E-state index is 0. The molecule has 1 saturated heterocycles. The van der Waals surface area contributed by atoms with Gasteiger partial charge in [-0.05, 0) is 37.6 Å². The van der Waals surface area contributed by atoms with E-state index in [0.717, 1.165) is 29.4 Å². The molecule has 78 valence electrons. The van der Waals surface area contributed by atoms with Crippen LogP contribution in [0.25, 0.3) is 0 Å². The number of nitrogens with one attached hydrogen (secondary N) is 1. The van der Waals surface area contributed by atoms with Crippen molar-refractivity contribution in [3.05, 3.63) is 34.1 Å². The van der Waals surface area contributed by atoms with E-state index in [-0.39, 0.29) is 24.3 Å². The summed E-state index contributed by atoms with van der Waals surface area (Å²) in [5, 5.41) is 3.28. The third-order valence-corrected chi connectivity index (χ3v) is 2.89. The van der Waals surface area contributed by atoms with Crippen molar-refractivity contribution in [1.29, 1.82) is 0 Å². The number of rotatable bonds is 1. The Morgan fingerprint density at radius 3 is 2.86 bits per heavy atom. The van der Waals surface area contributed by atoms with Gasteiger partial charge < -0.3 is 5.32 Å². The normalized spacial score (nSPS) is 20.6. The number of halogens is 3. The van der Waals surface area contributed by atoms with Gasteiger partial charge in [-0.25, -0.2) is 4.39 Å². The van der Waals surface area contributed by atoms with Gasteiger partial charge in [0.05, 0.1) is 0 Å². The topological polar surface area (TPSA) is 12.0 Å². The van der Waals surface area contributed by atoms with Crippen LogP contribution in [0.5, 0.6) is 0 Å². The molecule has 1 fully saturated rings. The van der Waals surface area contributed by atoms with E-state index in [4.69, 9.17) is 0 Å². The molecule has 0 aliphatic carbocycles. The highest BCUT2D eigenvalue weighted by Crippen LogP contribution is 2.27. The van der Waals surface area contributed by atoms with Crippen LogP contribution in [0.1, 0.15) is 24.4 Å². The van der Waals surface area contributed by atoms with E-state index >= 15 is 0 Å². The van der Waals surface area contributed by atoms with Gasteiger partial charge in [-0.1, -0.05) is 15.9 Å². The monoisotopic (exact) mass is 279 g/mol. The van der Waals surface area contributed by atoms with E-state index in [1.807, 2.05) is 6.07 Å². The highest BCUT2D eigenvalue weighted by atomic mass is 79.9. The van der Waals surface area contributed by atoms with Gasteiger partial charge in [-0.3, -0.25) is 0 Å². The Labute approximate surface area is 97.6 Å². The van der Waals surface area contributed by atoms with Crippen LogP contribution in [-0.2, 0) is 0 Å². The minimum Gasteiger partial charge on any atom is -0.310 e. The van der Waals surface area contributed by atoms with Crippen molar-refractivity contribution in [2.24, 2.45) is 0 Å². The van der Waals surface area contributed by atoms with Gasteiger partial charge in [0.2, 0.25) is 0 Å². The maximum absolute atomic E-state index is 13.4. The standard InChI is InChI=1S/C10H11BrFN.ClH/c11-7-3-4-9(12)8(6-7)10-2-1-5-13-10;/h3-4,6,10,13H,1-2,5H2;1H. The first-order chi connectivity index (χ1) is 6.27. The molecule has 1 heterocycles. The maximum Gasteiger partial charge on any atom is 0.128 e. The Morgan fingerprint density at radius 1 is 1.43 bits per heavy atom. The zero-order valence-corrected chi connectivity index (χ0v) is 10.00. The lowest BCUT2D eigenvalue weighted by Crippen LogP contribution is -2.14. The minimum atomic E-state index is -0.109. The smallest absolute Gasteiger partial charge is 0.128 e. The molecule has 1 aromatic rings. The molecule has 0 amide bonds. The first kappa shape index (κ1) is 12.0. The van der Waals surface area contributed by atoms with Crippen LogP contribution >= 0.6 is 28.3 Å². The quantitative estimate of drug-likeness (QED) is 0.831. The van der Waals surface area contributed by atoms with Crippen LogP contribution in [0.4, 0.5) is 4.39 Å². The summed E-state index contributed by atoms with van der Waals surface area (Å²) in [7, 11) is 0. The molecular formula is C10H12BrClFN. The SMILES string of the molecule is Cl.Fc1ccc(Br)cc1C1CCCN1. The largest absolute Gasteiger partial charge is 0.310 e. The lowest BCUT2D eigenvalue weighted by molar-refractivity contribution is 0.558. The van der Waals surface area contributed by atoms with Crippen LogP contribution in [0.2, 0.25) is 0 Å². The zero-order valence-electron chi connectivity index (χ0n) is 7.59. The molecule has 2 rings (SSSR count). The van der Waals surface area contributed by atoms with Crippen molar-refractivity contribution in [2.75, 3.05) is 6.54 Å². The average Bonchev–Trinajstić information content (AvgIpc) is 2.61. The highest BCUT2D eigenvalue weighted by molar-refractivity contribution is 9.10. The van der Waals surface area contributed by atoms with Gasteiger partial charge in [-0.15, -0.1) is 12.4 Å². The van der Waals surface area contributed by atoms with E-state index in [2.05, 4.69) is 21.2 Å². The van der Waals surface area contributed by atoms with Gasteiger partial charge in [-0.2, -0.15) is 0 Å². The Morgan fingerprint density at radius 2 is 2.21 bits per heavy atom. The molecule has 4 heteroatoms. The predicted molar refractivity (Wildman–Crippen MR) is 61.3 cm³/mol. The fourth-order valence-electron chi connectivity index (χ4n) is 1.73. The lowest BCUT2D eigenvalue weighted by Gasteiger charge is -2.11. The molecule has 14 heavy (non-hydrogen) atoms. The Kier molecular flexibility index (Phi) is 4.35. The van der Waals surface area contributed by atoms with Gasteiger partial charge in [0.25, 0.3) is 0 Å². The molecular weight excluding hydrogens is 268 g/mol. The summed E-state index contributed by atoms with van der Waals surface area (Å²) in [6.07, 6.45) is 2.17. The molecule has 0 saturated carbocycles. The van der Waals surface area contributed by atoms with Crippen molar-refractivity contribution >= 4 is 28.3 Å². The Hall–Kier alpha value is -0.120. The molecule has 1 nitrogen and oxygen atoms in total. The fourth-order valence-corrected chi connectivity index (χ4v) is 2.11. The van der Waals surface area contributed by atoms with E-state index in [9.17, 15) is 4.39 Å². The number of benzene rings is 1. The molecule has 0 spiro atoms. The van der Waals surface area contributed by atoms with Crippen molar-refractivity contribution in [1.82, 2.24) is 5.32 Å². The molecule has 0 radical (unpaired) electrons. The van der Waals surface area contributed by atoms with Crippen molar-refractivity contribution in [2.45, 2.75) is 18.9 Å². The van der Waals surface area contributed by atoms with Crippen LogP contribution in [0.15, 0.2) is 22.7 Å². The fraction of sp³-hybridized carbons (Fsp3) is 0.400. The Bertz CT molecular complexity index is 313. The van der Waals surface area contributed by atoms with Gasteiger partial charge in [0, 0.05) is 16.1 Å². The third-order valence-electron chi connectivity index (χ3n) is 2.39. The molecule has 1 aliphatic rings. The molecule has 1 unspecified atom stereocenters. The second kappa shape index (κ2) is 5.10. The number of hydrogen-bond acceptors (Lipinski definition) is 1. The van der Waals surface area contributed by atoms with E-state index < -0.39 is 0 Å². The summed E-state index contributed by atoms with van der Waals surface area (Å²) in [6.45, 7) is 0.997. The van der Waals surface area contributed by atoms with E-state index in [1.54, 1.807) is 6.07 Å². The highest BCUT2D eigenvalue weighted by Gasteiger charge is 2.19. The van der Waals surface area contributed by atoms with Gasteiger partial charge in [0.15, 0.2) is 0 Å². The lowest BCUT2D eigenvalue weighted by atomic mass is 10.1. The van der Waals surface area contributed by atoms with Crippen LogP contribution in [0, 0.1) is 5.82 Å². The first-order valence-electron chi connectivity index (χ1n) is 4.46. The number of hydrogen-bond donors (Lipinski definition) is 1. The van der Waals surface area contributed by atoms with E-state index in [0.29, 0.717) is 0 Å². The molecule has 0 bridgehead atoms. The van der Waals surface area contributed by atoms with Crippen LogP contribution in [0.3, 0.4) is 0 Å². The van der Waals surface area contributed by atoms with Crippen molar-refractivity contribution < 1.29 is 4.39 Å². The molecule has 1 N–H and O–H groups in total. The second-order valence-electron chi connectivity index (χ2n) is 3.31. The molecule has 1 aromatic carbocycles. The first-order valence-corrected chi connectivity index (χ1v) is 5.25. The van der Waals surface area contributed by atoms with Crippen LogP contribution < -0.4 is 5.32 Å². The van der Waals surface area contributed by atoms with Crippen LogP contribution in [-0.4, -0.2) is 6.54 Å². The van der Waals surface area contributed by atoms with Crippen molar-refractivity contribution in [3.8, 4) is 0 Å². The summed E-state index contributed by atoms with van der Waals surface area (Å²) in [5.41, 5.74) is 0.784. The summed E-state index contributed by atoms with van der Waals surface area (Å²) in [4.78, 5) is 0.